The van der Waals surface area contributed by atoms with Crippen molar-refractivity contribution in [3.05, 3.63) is 65.2 Å². The lowest BCUT2D eigenvalue weighted by Gasteiger charge is -2.23. The topological polar surface area (TPSA) is 75.2 Å². The van der Waals surface area contributed by atoms with Gasteiger partial charge in [0.05, 0.1) is 11.1 Å². The molecule has 1 N–H and O–H groups in total. The van der Waals surface area contributed by atoms with Crippen molar-refractivity contribution in [3.63, 3.8) is 0 Å². The van der Waals surface area contributed by atoms with E-state index in [1.165, 1.54) is 23.1 Å². The van der Waals surface area contributed by atoms with Crippen molar-refractivity contribution in [2.45, 2.75) is 38.5 Å². The van der Waals surface area contributed by atoms with Crippen LogP contribution in [0.15, 0.2) is 48.5 Å². The summed E-state index contributed by atoms with van der Waals surface area (Å²) < 4.78 is 77.3. The molecule has 0 aliphatic carbocycles. The molecule has 6 nitrogen and oxygen atoms in total. The van der Waals surface area contributed by atoms with Gasteiger partial charge in [-0.05, 0) is 36.8 Å². The molecule has 13 heteroatoms. The highest BCUT2D eigenvalue weighted by Gasteiger charge is 2.32. The summed E-state index contributed by atoms with van der Waals surface area (Å²) in [5, 5.41) is 10.6. The molecule has 3 aromatic rings. The minimum Gasteiger partial charge on any atom is -0.338 e. The maximum absolute atomic E-state index is 13.0. The zero-order valence-corrected chi connectivity index (χ0v) is 20.3. The van der Waals surface area contributed by atoms with Gasteiger partial charge in [-0.1, -0.05) is 42.9 Å². The van der Waals surface area contributed by atoms with Gasteiger partial charge in [0.1, 0.15) is 5.01 Å². The maximum Gasteiger partial charge on any atom is 0.416 e. The van der Waals surface area contributed by atoms with Crippen LogP contribution in [-0.4, -0.2) is 40.0 Å². The van der Waals surface area contributed by atoms with E-state index in [0.717, 1.165) is 48.1 Å². The fraction of sp³-hybridized carbons (Fsp3) is 0.333. The highest BCUT2D eigenvalue weighted by Crippen LogP contribution is 2.33. The Labute approximate surface area is 212 Å². The molecule has 0 saturated heterocycles. The lowest BCUT2D eigenvalue weighted by atomic mass is 10.1. The van der Waals surface area contributed by atoms with Crippen molar-refractivity contribution in [1.29, 1.82) is 0 Å². The van der Waals surface area contributed by atoms with Crippen LogP contribution in [0.3, 0.4) is 0 Å². The van der Waals surface area contributed by atoms with E-state index in [4.69, 9.17) is 0 Å². The predicted molar refractivity (Wildman–Crippen MR) is 126 cm³/mol. The number of carbonyl (C=O) groups is 2. The largest absolute Gasteiger partial charge is 0.416 e. The molecule has 0 unspecified atom stereocenters. The molecule has 0 spiro atoms. The summed E-state index contributed by atoms with van der Waals surface area (Å²) >= 11 is 0.960. The van der Waals surface area contributed by atoms with E-state index >= 15 is 0 Å². The molecule has 0 saturated carbocycles. The highest BCUT2D eigenvalue weighted by atomic mass is 32.1. The Hall–Kier alpha value is -3.48. The SMILES string of the molecule is CCCCN(CCC(=O)Nc1nnc(-c2ccc(C(F)(F)F)cc2)s1)C(=O)c1cccc(C(F)(F)F)c1. The summed E-state index contributed by atoms with van der Waals surface area (Å²) in [6.07, 6.45) is -7.88. The van der Waals surface area contributed by atoms with Crippen LogP contribution >= 0.6 is 11.3 Å². The fourth-order valence-electron chi connectivity index (χ4n) is 3.29. The molecular weight excluding hydrogens is 522 g/mol. The first kappa shape index (κ1) is 28.1. The van der Waals surface area contributed by atoms with Gasteiger partial charge >= 0.3 is 12.4 Å². The van der Waals surface area contributed by atoms with Crippen LogP contribution in [0.25, 0.3) is 10.6 Å². The Bertz CT molecular complexity index is 1220. The minimum absolute atomic E-state index is 0.0362. The van der Waals surface area contributed by atoms with E-state index in [-0.39, 0.29) is 30.2 Å². The Morgan fingerprint density at radius 2 is 1.59 bits per heavy atom. The van der Waals surface area contributed by atoms with Gasteiger partial charge in [0, 0.05) is 30.6 Å². The van der Waals surface area contributed by atoms with Gasteiger partial charge in [-0.15, -0.1) is 10.2 Å². The Morgan fingerprint density at radius 3 is 2.22 bits per heavy atom. The molecule has 1 aromatic heterocycles. The van der Waals surface area contributed by atoms with Crippen LogP contribution in [0, 0.1) is 0 Å². The number of benzene rings is 2. The number of rotatable bonds is 9. The lowest BCUT2D eigenvalue weighted by Crippen LogP contribution is -2.34. The lowest BCUT2D eigenvalue weighted by molar-refractivity contribution is -0.138. The average Bonchev–Trinajstić information content (AvgIpc) is 3.31. The number of nitrogens with one attached hydrogen (secondary N) is 1. The Balaban J connectivity index is 1.63. The first-order valence-electron chi connectivity index (χ1n) is 11.2. The molecule has 2 aromatic carbocycles. The number of aromatic nitrogens is 2. The average molecular weight is 545 g/mol. The van der Waals surface area contributed by atoms with E-state index in [1.54, 1.807) is 0 Å². The molecule has 0 aliphatic rings. The quantitative estimate of drug-likeness (QED) is 0.312. The summed E-state index contributed by atoms with van der Waals surface area (Å²) in [6, 6.07) is 8.44. The standard InChI is InChI=1S/C24H22F6N4O2S/c1-2-3-12-34(21(36)16-5-4-6-18(14-16)24(28,29)30)13-11-19(35)31-22-33-32-20(37-22)15-7-9-17(10-8-15)23(25,26)27/h4-10,14H,2-3,11-13H2,1H3,(H,31,33,35). The van der Waals surface area contributed by atoms with Gasteiger partial charge in [0.15, 0.2) is 0 Å². The van der Waals surface area contributed by atoms with Crippen molar-refractivity contribution in [1.82, 2.24) is 15.1 Å². The van der Waals surface area contributed by atoms with Gasteiger partial charge in [0.2, 0.25) is 11.0 Å². The first-order valence-corrected chi connectivity index (χ1v) is 12.0. The molecule has 0 aliphatic heterocycles. The van der Waals surface area contributed by atoms with Crippen molar-refractivity contribution in [2.24, 2.45) is 0 Å². The molecule has 0 bridgehead atoms. The summed E-state index contributed by atoms with van der Waals surface area (Å²) in [5.74, 6) is -1.12. The number of amides is 2. The van der Waals surface area contributed by atoms with Gasteiger partial charge in [0.25, 0.3) is 5.91 Å². The van der Waals surface area contributed by atoms with Crippen LogP contribution in [0.1, 0.15) is 47.7 Å². The van der Waals surface area contributed by atoms with Crippen molar-refractivity contribution >= 4 is 28.3 Å². The monoisotopic (exact) mass is 544 g/mol. The second-order valence-electron chi connectivity index (χ2n) is 8.01. The molecule has 198 valence electrons. The van der Waals surface area contributed by atoms with Crippen molar-refractivity contribution in [3.8, 4) is 10.6 Å². The van der Waals surface area contributed by atoms with Gasteiger partial charge in [-0.25, -0.2) is 0 Å². The normalized spacial score (nSPS) is 11.9. The van der Waals surface area contributed by atoms with Crippen LogP contribution in [0.5, 0.6) is 0 Å². The number of halogens is 6. The zero-order valence-electron chi connectivity index (χ0n) is 19.5. The Kier molecular flexibility index (Phi) is 8.89. The number of anilines is 1. The summed E-state index contributed by atoms with van der Waals surface area (Å²) in [6.45, 7) is 2.12. The first-order chi connectivity index (χ1) is 17.4. The summed E-state index contributed by atoms with van der Waals surface area (Å²) in [7, 11) is 0. The number of carbonyl (C=O) groups excluding carboxylic acids is 2. The molecule has 2 amide bonds. The van der Waals surface area contributed by atoms with E-state index in [9.17, 15) is 35.9 Å². The van der Waals surface area contributed by atoms with Crippen molar-refractivity contribution < 1.29 is 35.9 Å². The molecule has 37 heavy (non-hydrogen) atoms. The third-order valence-electron chi connectivity index (χ3n) is 5.24. The number of hydrogen-bond donors (Lipinski definition) is 1. The molecular formula is C24H22F6N4O2S. The summed E-state index contributed by atoms with van der Waals surface area (Å²) in [5.41, 5.74) is -1.48. The minimum atomic E-state index is -4.59. The van der Waals surface area contributed by atoms with Crippen LogP contribution < -0.4 is 5.32 Å². The number of alkyl halides is 6. The molecule has 0 radical (unpaired) electrons. The predicted octanol–water partition coefficient (Wildman–Crippen LogP) is 6.51. The molecule has 3 rings (SSSR count). The van der Waals surface area contributed by atoms with Gasteiger partial charge < -0.3 is 10.2 Å². The zero-order chi connectivity index (χ0) is 27.2. The van der Waals surface area contributed by atoms with E-state index in [1.807, 2.05) is 6.92 Å². The Morgan fingerprint density at radius 1 is 0.919 bits per heavy atom. The number of hydrogen-bond acceptors (Lipinski definition) is 5. The number of unbranched alkanes of at least 4 members (excludes halogenated alkanes) is 1. The highest BCUT2D eigenvalue weighted by molar-refractivity contribution is 7.18. The molecule has 0 fully saturated rings. The van der Waals surface area contributed by atoms with E-state index in [0.29, 0.717) is 17.0 Å². The number of nitrogens with zero attached hydrogens (tertiary/aromatic N) is 3. The van der Waals surface area contributed by atoms with Crippen molar-refractivity contribution in [2.75, 3.05) is 18.4 Å². The van der Waals surface area contributed by atoms with Crippen LogP contribution in [-0.2, 0) is 17.1 Å². The van der Waals surface area contributed by atoms with E-state index in [2.05, 4.69) is 15.5 Å². The van der Waals surface area contributed by atoms with Gasteiger partial charge in [-0.3, -0.25) is 9.59 Å². The van der Waals surface area contributed by atoms with E-state index < -0.39 is 35.3 Å². The van der Waals surface area contributed by atoms with Crippen LogP contribution in [0.2, 0.25) is 0 Å². The third-order valence-corrected chi connectivity index (χ3v) is 6.13. The van der Waals surface area contributed by atoms with Crippen LogP contribution in [0.4, 0.5) is 31.5 Å². The fourth-order valence-corrected chi connectivity index (χ4v) is 4.05. The second kappa shape index (κ2) is 11.7. The summed E-state index contributed by atoms with van der Waals surface area (Å²) in [4.78, 5) is 26.7. The maximum atomic E-state index is 13.0. The third kappa shape index (κ3) is 7.75. The second-order valence-corrected chi connectivity index (χ2v) is 8.99. The van der Waals surface area contributed by atoms with Gasteiger partial charge in [-0.2, -0.15) is 26.3 Å². The molecule has 1 heterocycles. The molecule has 0 atom stereocenters. The smallest absolute Gasteiger partial charge is 0.338 e.